The van der Waals surface area contributed by atoms with Gasteiger partial charge in [0.25, 0.3) is 0 Å². The molecule has 1 aromatic carbocycles. The van der Waals surface area contributed by atoms with E-state index in [1.807, 2.05) is 6.92 Å². The maximum atomic E-state index is 13.5. The number of amides is 2. The fraction of sp³-hybridized carbons (Fsp3) is 0.467. The third kappa shape index (κ3) is 3.26. The van der Waals surface area contributed by atoms with Crippen LogP contribution in [0.15, 0.2) is 22.7 Å². The second-order valence-electron chi connectivity index (χ2n) is 5.75. The van der Waals surface area contributed by atoms with E-state index in [4.69, 9.17) is 0 Å². The van der Waals surface area contributed by atoms with Gasteiger partial charge in [-0.15, -0.1) is 0 Å². The van der Waals surface area contributed by atoms with E-state index >= 15 is 0 Å². The molecule has 0 bridgehead atoms. The number of nitrogens with one attached hydrogen (secondary N) is 1. The molecule has 1 N–H and O–H groups in total. The molecule has 1 unspecified atom stereocenters. The van der Waals surface area contributed by atoms with Gasteiger partial charge in [-0.3, -0.25) is 9.59 Å². The number of halogens is 2. The van der Waals surface area contributed by atoms with Gasteiger partial charge in [0.1, 0.15) is 17.4 Å². The van der Waals surface area contributed by atoms with E-state index < -0.39 is 11.6 Å². The molecule has 0 aromatic heterocycles. The van der Waals surface area contributed by atoms with Crippen molar-refractivity contribution in [2.45, 2.75) is 45.3 Å². The fourth-order valence-corrected chi connectivity index (χ4v) is 3.09. The fourth-order valence-electron chi connectivity index (χ4n) is 2.57. The molecule has 0 radical (unpaired) electrons. The average Bonchev–Trinajstić information content (AvgIpc) is 2.34. The summed E-state index contributed by atoms with van der Waals surface area (Å²) in [7, 11) is 0. The van der Waals surface area contributed by atoms with Crippen LogP contribution in [0.5, 0.6) is 0 Å². The zero-order valence-corrected chi connectivity index (χ0v) is 13.8. The van der Waals surface area contributed by atoms with Crippen molar-refractivity contribution in [1.29, 1.82) is 0 Å². The third-order valence-electron chi connectivity index (χ3n) is 3.57. The molecule has 21 heavy (non-hydrogen) atoms. The van der Waals surface area contributed by atoms with Crippen molar-refractivity contribution >= 4 is 27.7 Å². The lowest BCUT2D eigenvalue weighted by molar-refractivity contribution is -0.154. The Morgan fingerprint density at radius 3 is 2.57 bits per heavy atom. The van der Waals surface area contributed by atoms with Gasteiger partial charge in [0.2, 0.25) is 11.8 Å². The molecular weight excluding hydrogens is 339 g/mol. The molecule has 1 aliphatic heterocycles. The Morgan fingerprint density at radius 2 is 2.00 bits per heavy atom. The number of hydrogen-bond donors (Lipinski definition) is 1. The summed E-state index contributed by atoms with van der Waals surface area (Å²) in [6.45, 7) is 5.41. The van der Waals surface area contributed by atoms with Crippen LogP contribution in [0.25, 0.3) is 0 Å². The van der Waals surface area contributed by atoms with Gasteiger partial charge in [-0.1, -0.05) is 22.9 Å². The Bertz CT molecular complexity index is 569. The molecule has 0 spiro atoms. The largest absolute Gasteiger partial charge is 0.340 e. The Hall–Kier alpha value is -1.43. The molecule has 6 heteroatoms. The van der Waals surface area contributed by atoms with Gasteiger partial charge in [0.05, 0.1) is 0 Å². The predicted octanol–water partition coefficient (Wildman–Crippen LogP) is 2.60. The van der Waals surface area contributed by atoms with Crippen LogP contribution in [0, 0.1) is 5.82 Å². The van der Waals surface area contributed by atoms with Crippen molar-refractivity contribution in [2.24, 2.45) is 0 Å². The number of benzene rings is 1. The number of rotatable bonds is 3. The molecule has 1 heterocycles. The summed E-state index contributed by atoms with van der Waals surface area (Å²) in [6, 6.07) is 3.97. The maximum Gasteiger partial charge on any atom is 0.248 e. The summed E-state index contributed by atoms with van der Waals surface area (Å²) in [6.07, 6.45) is 0.518. The van der Waals surface area contributed by atoms with Gasteiger partial charge >= 0.3 is 0 Å². The van der Waals surface area contributed by atoms with Crippen molar-refractivity contribution < 1.29 is 14.0 Å². The minimum atomic E-state index is -0.937. The molecule has 4 nitrogen and oxygen atoms in total. The van der Waals surface area contributed by atoms with Gasteiger partial charge in [0, 0.05) is 11.0 Å². The van der Waals surface area contributed by atoms with Crippen molar-refractivity contribution in [2.75, 3.05) is 0 Å². The van der Waals surface area contributed by atoms with Gasteiger partial charge in [0.15, 0.2) is 0 Å². The van der Waals surface area contributed by atoms with E-state index in [0.717, 1.165) is 0 Å². The lowest BCUT2D eigenvalue weighted by Gasteiger charge is -2.42. The predicted molar refractivity (Wildman–Crippen MR) is 81.0 cm³/mol. The first-order valence-corrected chi connectivity index (χ1v) is 7.62. The minimum Gasteiger partial charge on any atom is -0.340 e. The van der Waals surface area contributed by atoms with E-state index in [-0.39, 0.29) is 24.2 Å². The van der Waals surface area contributed by atoms with E-state index in [2.05, 4.69) is 21.2 Å². The molecule has 0 saturated carbocycles. The van der Waals surface area contributed by atoms with Crippen LogP contribution in [0.1, 0.15) is 32.8 Å². The molecule has 1 atom stereocenters. The highest BCUT2D eigenvalue weighted by atomic mass is 79.9. The lowest BCUT2D eigenvalue weighted by atomic mass is 9.95. The Morgan fingerprint density at radius 1 is 1.33 bits per heavy atom. The van der Waals surface area contributed by atoms with Gasteiger partial charge in [-0.05, 0) is 44.0 Å². The third-order valence-corrected chi connectivity index (χ3v) is 4.03. The average molecular weight is 357 g/mol. The smallest absolute Gasteiger partial charge is 0.248 e. The van der Waals surface area contributed by atoms with Crippen LogP contribution in [0.3, 0.4) is 0 Å². The Labute approximate surface area is 131 Å². The summed E-state index contributed by atoms with van der Waals surface area (Å²) < 4.78 is 14.1. The molecule has 1 aromatic rings. The summed E-state index contributed by atoms with van der Waals surface area (Å²) in [5.74, 6) is -0.701. The van der Waals surface area contributed by atoms with E-state index in [9.17, 15) is 14.0 Å². The van der Waals surface area contributed by atoms with E-state index in [1.54, 1.807) is 19.9 Å². The van der Waals surface area contributed by atoms with Crippen LogP contribution >= 0.6 is 15.9 Å². The normalized spacial score (nSPS) is 21.4. The highest BCUT2D eigenvalue weighted by Crippen LogP contribution is 2.24. The van der Waals surface area contributed by atoms with Crippen molar-refractivity contribution in [3.63, 3.8) is 0 Å². The van der Waals surface area contributed by atoms with Crippen LogP contribution in [0.2, 0.25) is 0 Å². The van der Waals surface area contributed by atoms with Crippen molar-refractivity contribution in [3.8, 4) is 0 Å². The molecule has 114 valence electrons. The zero-order chi connectivity index (χ0) is 15.8. The lowest BCUT2D eigenvalue weighted by Crippen LogP contribution is -2.67. The summed E-state index contributed by atoms with van der Waals surface area (Å²) >= 11 is 3.24. The standard InChI is InChI=1S/C15H18BrFN2O2/c1-4-12-13(20)18-15(2,3)14(21)19(12)8-9-5-10(16)7-11(17)6-9/h5-7,12H,4,8H2,1-3H3,(H,18,20). The number of carbonyl (C=O) groups excluding carboxylic acids is 2. The molecule has 2 amide bonds. The van der Waals surface area contributed by atoms with Gasteiger partial charge in [-0.2, -0.15) is 0 Å². The van der Waals surface area contributed by atoms with E-state index in [1.165, 1.54) is 17.0 Å². The first kappa shape index (κ1) is 15.9. The molecule has 0 aliphatic carbocycles. The van der Waals surface area contributed by atoms with Crippen molar-refractivity contribution in [3.05, 3.63) is 34.1 Å². The summed E-state index contributed by atoms with van der Waals surface area (Å²) in [4.78, 5) is 26.2. The van der Waals surface area contributed by atoms with Crippen molar-refractivity contribution in [1.82, 2.24) is 10.2 Å². The number of piperazine rings is 1. The Balaban J connectivity index is 2.33. The minimum absolute atomic E-state index is 0.158. The molecule has 1 aliphatic rings. The first-order chi connectivity index (χ1) is 9.74. The van der Waals surface area contributed by atoms with Crippen LogP contribution < -0.4 is 5.32 Å². The molecule has 2 rings (SSSR count). The van der Waals surface area contributed by atoms with Gasteiger partial charge < -0.3 is 10.2 Å². The molecular formula is C15H18BrFN2O2. The first-order valence-electron chi connectivity index (χ1n) is 6.82. The monoisotopic (exact) mass is 356 g/mol. The van der Waals surface area contributed by atoms with E-state index in [0.29, 0.717) is 16.5 Å². The molecule has 1 saturated heterocycles. The summed E-state index contributed by atoms with van der Waals surface area (Å²) in [5, 5.41) is 2.73. The van der Waals surface area contributed by atoms with Gasteiger partial charge in [-0.25, -0.2) is 4.39 Å². The highest BCUT2D eigenvalue weighted by molar-refractivity contribution is 9.10. The highest BCUT2D eigenvalue weighted by Gasteiger charge is 2.44. The molecule has 1 fully saturated rings. The SMILES string of the molecule is CCC1C(=O)NC(C)(C)C(=O)N1Cc1cc(F)cc(Br)c1. The second-order valence-corrected chi connectivity index (χ2v) is 6.66. The number of carbonyl (C=O) groups is 2. The quantitative estimate of drug-likeness (QED) is 0.904. The number of nitrogens with zero attached hydrogens (tertiary/aromatic N) is 1. The van der Waals surface area contributed by atoms with Crippen LogP contribution in [0.4, 0.5) is 4.39 Å². The Kier molecular flexibility index (Phi) is 4.37. The topological polar surface area (TPSA) is 49.4 Å². The maximum absolute atomic E-state index is 13.5. The zero-order valence-electron chi connectivity index (χ0n) is 12.2. The van der Waals surface area contributed by atoms with Crippen LogP contribution in [-0.4, -0.2) is 28.3 Å². The second kappa shape index (κ2) is 5.75. The van der Waals surface area contributed by atoms with Crippen LogP contribution in [-0.2, 0) is 16.1 Å². The summed E-state index contributed by atoms with van der Waals surface area (Å²) in [5.41, 5.74) is -0.285. The number of hydrogen-bond acceptors (Lipinski definition) is 2.